The normalized spacial score (nSPS) is 17.7. The molecule has 1 fully saturated rings. The Morgan fingerprint density at radius 3 is 2.12 bits per heavy atom. The molecule has 0 unspecified atom stereocenters. The largest absolute Gasteiger partial charge is 0.369 e. The number of benzene rings is 1. The first-order valence-corrected chi connectivity index (χ1v) is 9.51. The molecule has 6 nitrogen and oxygen atoms in total. The van der Waals surface area contributed by atoms with E-state index >= 15 is 0 Å². The van der Waals surface area contributed by atoms with Crippen LogP contribution in [0, 0.1) is 0 Å². The lowest BCUT2D eigenvalue weighted by Crippen LogP contribution is -2.47. The summed E-state index contributed by atoms with van der Waals surface area (Å²) < 4.78 is 22.7. The third-order valence-corrected chi connectivity index (χ3v) is 5.51. The average molecular weight is 346 g/mol. The molecule has 128 valence electrons. The van der Waals surface area contributed by atoms with Crippen molar-refractivity contribution in [1.82, 2.24) is 9.88 Å². The predicted octanol–water partition coefficient (Wildman–Crippen LogP) is 1.61. The Bertz CT molecular complexity index is 770. The summed E-state index contributed by atoms with van der Waals surface area (Å²) in [6, 6.07) is 11.3. The molecule has 0 bridgehead atoms. The maximum absolute atomic E-state index is 11.3. The number of pyridine rings is 1. The van der Waals surface area contributed by atoms with Crippen LogP contribution in [0.25, 0.3) is 0 Å². The van der Waals surface area contributed by atoms with Crippen LogP contribution in [0.4, 0.5) is 5.69 Å². The van der Waals surface area contributed by atoms with E-state index in [4.69, 9.17) is 5.14 Å². The van der Waals surface area contributed by atoms with Crippen LogP contribution in [0.1, 0.15) is 18.5 Å². The van der Waals surface area contributed by atoms with Gasteiger partial charge in [-0.15, -0.1) is 0 Å². The number of nitrogens with zero attached hydrogens (tertiary/aromatic N) is 3. The Balaban J connectivity index is 1.63. The van der Waals surface area contributed by atoms with Gasteiger partial charge in [0, 0.05) is 50.3 Å². The summed E-state index contributed by atoms with van der Waals surface area (Å²) in [5.74, 6) is 0. The summed E-state index contributed by atoms with van der Waals surface area (Å²) in [6.07, 6.45) is 3.66. The lowest BCUT2D eigenvalue weighted by molar-refractivity contribution is 0.198. The summed E-state index contributed by atoms with van der Waals surface area (Å²) in [5.41, 5.74) is 2.30. The Morgan fingerprint density at radius 2 is 1.58 bits per heavy atom. The van der Waals surface area contributed by atoms with E-state index in [1.54, 1.807) is 12.1 Å². The highest BCUT2D eigenvalue weighted by atomic mass is 32.2. The maximum Gasteiger partial charge on any atom is 0.238 e. The lowest BCUT2D eigenvalue weighted by Gasteiger charge is -2.39. The number of hydrogen-bond donors (Lipinski definition) is 1. The van der Waals surface area contributed by atoms with E-state index < -0.39 is 10.0 Å². The molecule has 7 heteroatoms. The number of nitrogens with two attached hydrogens (primary N) is 1. The van der Waals surface area contributed by atoms with Gasteiger partial charge in [0.15, 0.2) is 0 Å². The molecule has 1 saturated heterocycles. The predicted molar refractivity (Wildman–Crippen MR) is 94.3 cm³/mol. The van der Waals surface area contributed by atoms with Crippen LogP contribution >= 0.6 is 0 Å². The van der Waals surface area contributed by atoms with Crippen molar-refractivity contribution in [2.75, 3.05) is 31.1 Å². The molecule has 0 saturated carbocycles. The molecule has 1 aromatic heterocycles. The van der Waals surface area contributed by atoms with Gasteiger partial charge in [0.1, 0.15) is 0 Å². The number of hydrogen-bond acceptors (Lipinski definition) is 5. The summed E-state index contributed by atoms with van der Waals surface area (Å²) in [6.45, 7) is 5.95. The molecule has 0 spiro atoms. The zero-order valence-corrected chi connectivity index (χ0v) is 14.5. The second kappa shape index (κ2) is 6.88. The maximum atomic E-state index is 11.3. The van der Waals surface area contributed by atoms with E-state index in [9.17, 15) is 8.42 Å². The molecule has 3 rings (SSSR count). The first kappa shape index (κ1) is 16.9. The second-order valence-electron chi connectivity index (χ2n) is 6.02. The van der Waals surface area contributed by atoms with Gasteiger partial charge < -0.3 is 4.90 Å². The highest BCUT2D eigenvalue weighted by Gasteiger charge is 2.22. The first-order valence-electron chi connectivity index (χ1n) is 7.97. The van der Waals surface area contributed by atoms with Gasteiger partial charge in [-0.1, -0.05) is 0 Å². The third-order valence-electron chi connectivity index (χ3n) is 4.58. The van der Waals surface area contributed by atoms with E-state index in [1.165, 1.54) is 5.56 Å². The summed E-state index contributed by atoms with van der Waals surface area (Å²) in [4.78, 5) is 8.94. The van der Waals surface area contributed by atoms with Gasteiger partial charge in [-0.25, -0.2) is 13.6 Å². The van der Waals surface area contributed by atoms with E-state index in [0.29, 0.717) is 6.04 Å². The zero-order chi connectivity index (χ0) is 17.2. The van der Waals surface area contributed by atoms with Gasteiger partial charge in [0.25, 0.3) is 0 Å². The minimum Gasteiger partial charge on any atom is -0.369 e. The van der Waals surface area contributed by atoms with Crippen LogP contribution in [-0.2, 0) is 10.0 Å². The molecule has 0 amide bonds. The number of rotatable bonds is 4. The van der Waals surface area contributed by atoms with Crippen molar-refractivity contribution in [1.29, 1.82) is 0 Å². The van der Waals surface area contributed by atoms with E-state index in [2.05, 4.69) is 33.8 Å². The van der Waals surface area contributed by atoms with Crippen LogP contribution in [0.15, 0.2) is 53.7 Å². The van der Waals surface area contributed by atoms with Crippen molar-refractivity contribution >= 4 is 15.7 Å². The molecule has 2 heterocycles. The molecule has 2 aromatic rings. The quantitative estimate of drug-likeness (QED) is 0.910. The topological polar surface area (TPSA) is 79.5 Å². The smallest absolute Gasteiger partial charge is 0.238 e. The van der Waals surface area contributed by atoms with Gasteiger partial charge >= 0.3 is 0 Å². The van der Waals surface area contributed by atoms with Crippen LogP contribution < -0.4 is 10.0 Å². The van der Waals surface area contributed by atoms with Crippen LogP contribution in [0.3, 0.4) is 0 Å². The third kappa shape index (κ3) is 3.75. The Kier molecular flexibility index (Phi) is 4.84. The molecule has 1 atom stereocenters. The molecule has 1 aliphatic heterocycles. The molecular formula is C17H22N4O2S. The monoisotopic (exact) mass is 346 g/mol. The molecular weight excluding hydrogens is 324 g/mol. The van der Waals surface area contributed by atoms with E-state index in [-0.39, 0.29) is 4.90 Å². The van der Waals surface area contributed by atoms with Crippen molar-refractivity contribution in [3.63, 3.8) is 0 Å². The van der Waals surface area contributed by atoms with Crippen molar-refractivity contribution in [2.45, 2.75) is 17.9 Å². The molecule has 24 heavy (non-hydrogen) atoms. The summed E-state index contributed by atoms with van der Waals surface area (Å²) in [5, 5.41) is 5.14. The number of sulfonamides is 1. The van der Waals surface area contributed by atoms with Gasteiger partial charge in [-0.2, -0.15) is 0 Å². The number of primary sulfonamides is 1. The van der Waals surface area contributed by atoms with E-state index in [0.717, 1.165) is 31.9 Å². The fraction of sp³-hybridized carbons (Fsp3) is 0.353. The summed E-state index contributed by atoms with van der Waals surface area (Å²) >= 11 is 0. The standard InChI is InChI=1S/C17H22N4O2S/c1-14(15-6-8-19-9-7-15)20-10-12-21(13-11-20)16-2-4-17(5-3-16)24(18,22)23/h2-9,14H,10-13H2,1H3,(H2,18,22,23)/t14-/m0/s1. The van der Waals surface area contributed by atoms with E-state index in [1.807, 2.05) is 24.5 Å². The fourth-order valence-electron chi connectivity index (χ4n) is 3.07. The molecule has 1 aliphatic rings. The fourth-order valence-corrected chi connectivity index (χ4v) is 3.58. The Labute approximate surface area is 143 Å². The van der Waals surface area contributed by atoms with Gasteiger partial charge in [-0.3, -0.25) is 9.88 Å². The number of piperazine rings is 1. The van der Waals surface area contributed by atoms with Gasteiger partial charge in [-0.05, 0) is 48.9 Å². The van der Waals surface area contributed by atoms with Crippen LogP contribution in [-0.4, -0.2) is 44.5 Å². The van der Waals surface area contributed by atoms with Crippen LogP contribution in [0.2, 0.25) is 0 Å². The molecule has 0 aliphatic carbocycles. The Hall–Kier alpha value is -1.96. The summed E-state index contributed by atoms with van der Waals surface area (Å²) in [7, 11) is -3.63. The van der Waals surface area contributed by atoms with Gasteiger partial charge in [0.2, 0.25) is 10.0 Å². The van der Waals surface area contributed by atoms with Crippen molar-refractivity contribution in [3.8, 4) is 0 Å². The molecule has 2 N–H and O–H groups in total. The highest BCUT2D eigenvalue weighted by Crippen LogP contribution is 2.24. The van der Waals surface area contributed by atoms with Crippen molar-refractivity contribution in [3.05, 3.63) is 54.4 Å². The van der Waals surface area contributed by atoms with Crippen molar-refractivity contribution in [2.24, 2.45) is 5.14 Å². The number of aromatic nitrogens is 1. The molecule has 0 radical (unpaired) electrons. The average Bonchev–Trinajstić information content (AvgIpc) is 2.61. The first-order chi connectivity index (χ1) is 11.4. The Morgan fingerprint density at radius 1 is 1.00 bits per heavy atom. The zero-order valence-electron chi connectivity index (χ0n) is 13.7. The second-order valence-corrected chi connectivity index (χ2v) is 7.58. The SMILES string of the molecule is C[C@@H](c1ccncc1)N1CCN(c2ccc(S(N)(=O)=O)cc2)CC1. The number of anilines is 1. The highest BCUT2D eigenvalue weighted by molar-refractivity contribution is 7.89. The molecule has 1 aromatic carbocycles. The van der Waals surface area contributed by atoms with Crippen molar-refractivity contribution < 1.29 is 8.42 Å². The lowest BCUT2D eigenvalue weighted by atomic mass is 10.1. The van der Waals surface area contributed by atoms with Gasteiger partial charge in [0.05, 0.1) is 4.90 Å². The van der Waals surface area contributed by atoms with Crippen LogP contribution in [0.5, 0.6) is 0 Å². The minimum absolute atomic E-state index is 0.149. The minimum atomic E-state index is -3.63.